The van der Waals surface area contributed by atoms with Crippen LogP contribution in [0.25, 0.3) is 0 Å². The summed E-state index contributed by atoms with van der Waals surface area (Å²) < 4.78 is 0. The molecule has 1 heterocycles. The molecule has 2 unspecified atom stereocenters. The van der Waals surface area contributed by atoms with E-state index in [9.17, 15) is 14.4 Å². The molecule has 114 valence electrons. The van der Waals surface area contributed by atoms with E-state index in [1.165, 1.54) is 0 Å². The third-order valence-electron chi connectivity index (χ3n) is 3.66. The SMILES string of the molecule is CNC(=O)C1(C)CCN(C(=O)NCC(C)CC(=O)O)C1. The van der Waals surface area contributed by atoms with Crippen LogP contribution in [-0.2, 0) is 9.59 Å². The highest BCUT2D eigenvalue weighted by atomic mass is 16.4. The predicted octanol–water partition coefficient (Wildman–Crippen LogP) is 0.265. The van der Waals surface area contributed by atoms with Crippen molar-refractivity contribution in [1.29, 1.82) is 0 Å². The van der Waals surface area contributed by atoms with Crippen LogP contribution in [0.1, 0.15) is 26.7 Å². The van der Waals surface area contributed by atoms with E-state index in [0.29, 0.717) is 26.1 Å². The van der Waals surface area contributed by atoms with Crippen molar-refractivity contribution in [3.8, 4) is 0 Å². The van der Waals surface area contributed by atoms with Crippen molar-refractivity contribution in [2.75, 3.05) is 26.7 Å². The minimum Gasteiger partial charge on any atom is -0.481 e. The number of aliphatic carboxylic acids is 1. The first-order valence-electron chi connectivity index (χ1n) is 6.75. The lowest BCUT2D eigenvalue weighted by atomic mass is 9.89. The molecule has 0 bridgehead atoms. The average Bonchev–Trinajstić information content (AvgIpc) is 2.78. The minimum absolute atomic E-state index is 0.0240. The molecule has 0 aliphatic carbocycles. The van der Waals surface area contributed by atoms with Crippen LogP contribution in [0.4, 0.5) is 4.79 Å². The van der Waals surface area contributed by atoms with Gasteiger partial charge in [-0.15, -0.1) is 0 Å². The molecule has 1 saturated heterocycles. The van der Waals surface area contributed by atoms with Gasteiger partial charge in [0, 0.05) is 33.1 Å². The third kappa shape index (κ3) is 4.11. The normalized spacial score (nSPS) is 23.2. The lowest BCUT2D eigenvalue weighted by Crippen LogP contribution is -2.44. The fraction of sp³-hybridized carbons (Fsp3) is 0.769. The van der Waals surface area contributed by atoms with Gasteiger partial charge in [0.2, 0.25) is 5.91 Å². The molecule has 0 aromatic heterocycles. The maximum Gasteiger partial charge on any atom is 0.317 e. The molecule has 7 heteroatoms. The molecule has 3 N–H and O–H groups in total. The monoisotopic (exact) mass is 285 g/mol. The molecule has 1 fully saturated rings. The Morgan fingerprint density at radius 3 is 2.60 bits per heavy atom. The third-order valence-corrected chi connectivity index (χ3v) is 3.66. The first-order chi connectivity index (χ1) is 9.28. The summed E-state index contributed by atoms with van der Waals surface area (Å²) in [5.41, 5.74) is -0.543. The second-order valence-corrected chi connectivity index (χ2v) is 5.70. The molecule has 2 atom stereocenters. The minimum atomic E-state index is -0.875. The molecule has 0 spiro atoms. The number of rotatable bonds is 5. The Kier molecular flexibility index (Phi) is 5.35. The van der Waals surface area contributed by atoms with Gasteiger partial charge in [-0.05, 0) is 19.3 Å². The number of nitrogens with zero attached hydrogens (tertiary/aromatic N) is 1. The van der Waals surface area contributed by atoms with Crippen molar-refractivity contribution in [3.63, 3.8) is 0 Å². The zero-order valence-electron chi connectivity index (χ0n) is 12.2. The molecule has 1 aliphatic heterocycles. The van der Waals surface area contributed by atoms with Crippen molar-refractivity contribution in [3.05, 3.63) is 0 Å². The Labute approximate surface area is 118 Å². The number of carbonyl (C=O) groups excluding carboxylic acids is 2. The van der Waals surface area contributed by atoms with Crippen LogP contribution >= 0.6 is 0 Å². The van der Waals surface area contributed by atoms with Gasteiger partial charge in [0.05, 0.1) is 5.41 Å². The van der Waals surface area contributed by atoms with Crippen LogP contribution in [-0.4, -0.2) is 54.6 Å². The standard InChI is InChI=1S/C13H23N3O4/c1-9(6-10(17)18)7-15-12(20)16-5-4-13(2,8-16)11(19)14-3/h9H,4-8H2,1-3H3,(H,14,19)(H,15,20)(H,17,18). The van der Waals surface area contributed by atoms with Crippen LogP contribution in [0, 0.1) is 11.3 Å². The number of nitrogens with one attached hydrogen (secondary N) is 2. The molecule has 3 amide bonds. The number of hydrogen-bond acceptors (Lipinski definition) is 3. The van der Waals surface area contributed by atoms with Crippen LogP contribution in [0.5, 0.6) is 0 Å². The molecular weight excluding hydrogens is 262 g/mol. The molecule has 0 aromatic carbocycles. The van der Waals surface area contributed by atoms with Gasteiger partial charge in [-0.25, -0.2) is 4.79 Å². The molecule has 7 nitrogen and oxygen atoms in total. The molecule has 1 rings (SSSR count). The largest absolute Gasteiger partial charge is 0.481 e. The van der Waals surface area contributed by atoms with Crippen LogP contribution in [0.15, 0.2) is 0 Å². The quantitative estimate of drug-likeness (QED) is 0.675. The maximum absolute atomic E-state index is 12.0. The van der Waals surface area contributed by atoms with Gasteiger partial charge < -0.3 is 20.6 Å². The van der Waals surface area contributed by atoms with E-state index in [1.807, 2.05) is 6.92 Å². The van der Waals surface area contributed by atoms with E-state index in [-0.39, 0.29) is 24.3 Å². The van der Waals surface area contributed by atoms with Crippen molar-refractivity contribution in [2.45, 2.75) is 26.7 Å². The topological polar surface area (TPSA) is 98.7 Å². The van der Waals surface area contributed by atoms with Gasteiger partial charge in [-0.3, -0.25) is 9.59 Å². The first kappa shape index (κ1) is 16.3. The predicted molar refractivity (Wildman–Crippen MR) is 73.2 cm³/mol. The number of likely N-dealkylation sites (tertiary alicyclic amines) is 1. The van der Waals surface area contributed by atoms with E-state index in [1.54, 1.807) is 18.9 Å². The second-order valence-electron chi connectivity index (χ2n) is 5.70. The number of carboxylic acids is 1. The Balaban J connectivity index is 2.43. The highest BCUT2D eigenvalue weighted by molar-refractivity contribution is 5.84. The highest BCUT2D eigenvalue weighted by Gasteiger charge is 2.41. The van der Waals surface area contributed by atoms with Crippen LogP contribution < -0.4 is 10.6 Å². The maximum atomic E-state index is 12.0. The zero-order valence-corrected chi connectivity index (χ0v) is 12.2. The number of urea groups is 1. The first-order valence-corrected chi connectivity index (χ1v) is 6.75. The zero-order chi connectivity index (χ0) is 15.3. The fourth-order valence-corrected chi connectivity index (χ4v) is 2.37. The van der Waals surface area contributed by atoms with E-state index in [4.69, 9.17) is 5.11 Å². The molecule has 1 aliphatic rings. The number of amides is 3. The van der Waals surface area contributed by atoms with Gasteiger partial charge in [0.25, 0.3) is 0 Å². The summed E-state index contributed by atoms with van der Waals surface area (Å²) in [6.07, 6.45) is 0.654. The Morgan fingerprint density at radius 1 is 1.40 bits per heavy atom. The molecule has 0 aromatic rings. The molecule has 0 radical (unpaired) electrons. The summed E-state index contributed by atoms with van der Waals surface area (Å²) in [6.45, 7) is 4.84. The smallest absolute Gasteiger partial charge is 0.317 e. The van der Waals surface area contributed by atoms with Crippen LogP contribution in [0.3, 0.4) is 0 Å². The summed E-state index contributed by atoms with van der Waals surface area (Å²) in [6, 6.07) is -0.241. The summed E-state index contributed by atoms with van der Waals surface area (Å²) in [5.74, 6) is -1.06. The lowest BCUT2D eigenvalue weighted by molar-refractivity contribution is -0.138. The molecule has 0 saturated carbocycles. The van der Waals surface area contributed by atoms with E-state index < -0.39 is 11.4 Å². The average molecular weight is 285 g/mol. The van der Waals surface area contributed by atoms with E-state index in [2.05, 4.69) is 10.6 Å². The van der Waals surface area contributed by atoms with Gasteiger partial charge in [-0.2, -0.15) is 0 Å². The highest BCUT2D eigenvalue weighted by Crippen LogP contribution is 2.29. The number of carboxylic acid groups (broad SMARTS) is 1. The van der Waals surface area contributed by atoms with Crippen LogP contribution in [0.2, 0.25) is 0 Å². The summed E-state index contributed by atoms with van der Waals surface area (Å²) in [5, 5.41) is 14.0. The van der Waals surface area contributed by atoms with Crippen molar-refractivity contribution >= 4 is 17.9 Å². The summed E-state index contributed by atoms with van der Waals surface area (Å²) >= 11 is 0. The van der Waals surface area contributed by atoms with E-state index >= 15 is 0 Å². The Hall–Kier alpha value is -1.79. The summed E-state index contributed by atoms with van der Waals surface area (Å²) in [4.78, 5) is 35.9. The van der Waals surface area contributed by atoms with Gasteiger partial charge in [-0.1, -0.05) is 6.92 Å². The van der Waals surface area contributed by atoms with Crippen molar-refractivity contribution in [1.82, 2.24) is 15.5 Å². The molecular formula is C13H23N3O4. The van der Waals surface area contributed by atoms with Crippen molar-refractivity contribution < 1.29 is 19.5 Å². The number of carbonyl (C=O) groups is 3. The Bertz CT molecular complexity index is 399. The number of hydrogen-bond donors (Lipinski definition) is 3. The second kappa shape index (κ2) is 6.58. The molecule has 20 heavy (non-hydrogen) atoms. The van der Waals surface area contributed by atoms with E-state index in [0.717, 1.165) is 0 Å². The fourth-order valence-electron chi connectivity index (χ4n) is 2.37. The van der Waals surface area contributed by atoms with Gasteiger partial charge in [0.1, 0.15) is 0 Å². The summed E-state index contributed by atoms with van der Waals surface area (Å²) in [7, 11) is 1.59. The van der Waals surface area contributed by atoms with Gasteiger partial charge in [0.15, 0.2) is 0 Å². The van der Waals surface area contributed by atoms with Gasteiger partial charge >= 0.3 is 12.0 Å². The Morgan fingerprint density at radius 2 is 2.05 bits per heavy atom. The lowest BCUT2D eigenvalue weighted by Gasteiger charge is -2.23. The van der Waals surface area contributed by atoms with Crippen molar-refractivity contribution in [2.24, 2.45) is 11.3 Å².